The zero-order chi connectivity index (χ0) is 32.5. The van der Waals surface area contributed by atoms with Crippen molar-refractivity contribution < 1.29 is 0 Å². The number of aryl methyl sites for hydroxylation is 4. The van der Waals surface area contributed by atoms with Gasteiger partial charge in [0.1, 0.15) is 8.07 Å². The Bertz CT molecular complexity index is 1730. The number of fused-ring (bicyclic) bond motifs is 2. The monoisotopic (exact) mass is 608 g/mol. The second kappa shape index (κ2) is 11.4. The van der Waals surface area contributed by atoms with Crippen molar-refractivity contribution in [2.45, 2.75) is 107 Å². The lowest BCUT2D eigenvalue weighted by molar-refractivity contribution is 0.896. The van der Waals surface area contributed by atoms with Gasteiger partial charge in [-0.2, -0.15) is 0 Å². The first-order chi connectivity index (χ1) is 21.3. The SMILES string of the molecule is Cc1cc(C)c(C)c(-c2cccc3c2C=C([Si](C2=Cc4c(cccc4-c4c(C)c(C)cc(C)c4C)C2)(C(C)C)C(C)C)C3)c1C. The Kier molecular flexibility index (Phi) is 8.01. The molecule has 0 fully saturated rings. The van der Waals surface area contributed by atoms with Crippen LogP contribution in [-0.2, 0) is 12.8 Å². The van der Waals surface area contributed by atoms with Crippen LogP contribution in [0.2, 0.25) is 11.1 Å². The third kappa shape index (κ3) is 4.76. The van der Waals surface area contributed by atoms with Gasteiger partial charge in [0.05, 0.1) is 0 Å². The summed E-state index contributed by atoms with van der Waals surface area (Å²) in [7, 11) is -2.10. The topological polar surface area (TPSA) is 0 Å². The smallest absolute Gasteiger partial charge is 0.0704 e. The van der Waals surface area contributed by atoms with Gasteiger partial charge in [0.2, 0.25) is 0 Å². The van der Waals surface area contributed by atoms with Crippen LogP contribution < -0.4 is 0 Å². The van der Waals surface area contributed by atoms with Gasteiger partial charge in [-0.3, -0.25) is 0 Å². The van der Waals surface area contributed by atoms with Gasteiger partial charge in [0, 0.05) is 0 Å². The van der Waals surface area contributed by atoms with Gasteiger partial charge in [-0.05, 0) is 168 Å². The van der Waals surface area contributed by atoms with Crippen LogP contribution in [0.5, 0.6) is 0 Å². The molecule has 0 unspecified atom stereocenters. The van der Waals surface area contributed by atoms with Crippen LogP contribution in [0.15, 0.2) is 58.9 Å². The minimum absolute atomic E-state index is 0.611. The van der Waals surface area contributed by atoms with Gasteiger partial charge < -0.3 is 0 Å². The molecule has 4 aromatic rings. The average molecular weight is 609 g/mol. The Morgan fingerprint density at radius 2 is 0.822 bits per heavy atom. The molecule has 2 aliphatic carbocycles. The van der Waals surface area contributed by atoms with Crippen LogP contribution in [0.1, 0.15) is 94.5 Å². The number of hydrogen-bond acceptors (Lipinski definition) is 0. The van der Waals surface area contributed by atoms with E-state index in [1.54, 1.807) is 10.4 Å². The Morgan fingerprint density at radius 3 is 1.13 bits per heavy atom. The summed E-state index contributed by atoms with van der Waals surface area (Å²) in [5, 5.41) is 3.46. The van der Waals surface area contributed by atoms with E-state index in [9.17, 15) is 0 Å². The minimum Gasteiger partial charge on any atom is -0.0704 e. The highest BCUT2D eigenvalue weighted by atomic mass is 28.3. The Balaban J connectivity index is 1.54. The molecule has 0 aliphatic heterocycles. The molecule has 0 aromatic heterocycles. The predicted octanol–water partition coefficient (Wildman–Crippen LogP) is 12.4. The second-order valence-corrected chi connectivity index (χ2v) is 20.2. The van der Waals surface area contributed by atoms with Gasteiger partial charge in [-0.25, -0.2) is 0 Å². The van der Waals surface area contributed by atoms with Crippen molar-refractivity contribution in [3.05, 3.63) is 126 Å². The van der Waals surface area contributed by atoms with Crippen molar-refractivity contribution in [1.29, 1.82) is 0 Å². The fourth-order valence-corrected chi connectivity index (χ4v) is 15.7. The summed E-state index contributed by atoms with van der Waals surface area (Å²) in [4.78, 5) is 0. The second-order valence-electron chi connectivity index (χ2n) is 14.9. The van der Waals surface area contributed by atoms with Gasteiger partial charge in [0.25, 0.3) is 0 Å². The van der Waals surface area contributed by atoms with Gasteiger partial charge >= 0.3 is 0 Å². The molecule has 0 saturated carbocycles. The van der Waals surface area contributed by atoms with E-state index in [0.29, 0.717) is 11.1 Å². The molecule has 1 heteroatoms. The minimum atomic E-state index is -2.10. The van der Waals surface area contributed by atoms with Crippen molar-refractivity contribution in [2.24, 2.45) is 0 Å². The molecule has 2 aliphatic rings. The first-order valence-electron chi connectivity index (χ1n) is 17.1. The fourth-order valence-electron chi connectivity index (χ4n) is 9.30. The predicted molar refractivity (Wildman–Crippen MR) is 201 cm³/mol. The van der Waals surface area contributed by atoms with Crippen molar-refractivity contribution in [3.8, 4) is 22.3 Å². The van der Waals surface area contributed by atoms with E-state index in [1.807, 2.05) is 0 Å². The molecule has 0 amide bonds. The molecule has 0 nitrogen and oxygen atoms in total. The maximum Gasteiger partial charge on any atom is 0.114 e. The number of hydrogen-bond donors (Lipinski definition) is 0. The maximum atomic E-state index is 2.68. The molecule has 0 atom stereocenters. The van der Waals surface area contributed by atoms with Crippen molar-refractivity contribution in [2.75, 3.05) is 0 Å². The van der Waals surface area contributed by atoms with Crippen molar-refractivity contribution in [3.63, 3.8) is 0 Å². The van der Waals surface area contributed by atoms with Crippen LogP contribution in [0, 0.1) is 55.4 Å². The first kappa shape index (κ1) is 31.6. The summed E-state index contributed by atoms with van der Waals surface area (Å²) in [6.07, 6.45) is 7.53. The van der Waals surface area contributed by atoms with Crippen molar-refractivity contribution >= 4 is 20.2 Å². The number of rotatable bonds is 6. The molecular formula is C44H52Si. The van der Waals surface area contributed by atoms with Crippen LogP contribution in [0.4, 0.5) is 0 Å². The molecule has 0 radical (unpaired) electrons. The van der Waals surface area contributed by atoms with E-state index >= 15 is 0 Å². The standard InChI is InChI=1S/C44H52Si/c1-25(2)45(26(3)4,37-21-35-15-13-17-39(41(35)23-37)43-31(9)27(5)19-28(6)32(43)10)38-22-36-16-14-18-40(42(36)24-38)44-33(11)29(7)20-30(8)34(44)12/h13-20,23-26H,21-22H2,1-12H3. The summed E-state index contributed by atoms with van der Waals surface area (Å²) in [6.45, 7) is 28.4. The molecule has 4 aromatic carbocycles. The molecule has 6 rings (SSSR count). The van der Waals surface area contributed by atoms with E-state index in [4.69, 9.17) is 0 Å². The lowest BCUT2D eigenvalue weighted by Gasteiger charge is -2.42. The fraction of sp³-hybridized carbons (Fsp3) is 0.364. The zero-order valence-electron chi connectivity index (χ0n) is 29.8. The van der Waals surface area contributed by atoms with E-state index < -0.39 is 8.07 Å². The molecule has 0 N–H and O–H groups in total. The highest BCUT2D eigenvalue weighted by molar-refractivity contribution is 6.96. The van der Waals surface area contributed by atoms with Gasteiger partial charge in [0.15, 0.2) is 0 Å². The Morgan fingerprint density at radius 1 is 0.489 bits per heavy atom. The summed E-state index contributed by atoms with van der Waals surface area (Å²) in [6, 6.07) is 18.9. The van der Waals surface area contributed by atoms with E-state index in [-0.39, 0.29) is 0 Å². The van der Waals surface area contributed by atoms with Gasteiger partial charge in [-0.15, -0.1) is 0 Å². The zero-order valence-corrected chi connectivity index (χ0v) is 30.8. The number of allylic oxidation sites excluding steroid dienone is 2. The lowest BCUT2D eigenvalue weighted by atomic mass is 9.87. The normalized spacial score (nSPS) is 14.3. The van der Waals surface area contributed by atoms with E-state index in [0.717, 1.165) is 12.8 Å². The quantitative estimate of drug-likeness (QED) is 0.191. The van der Waals surface area contributed by atoms with Gasteiger partial charge in [-0.1, -0.05) is 98.8 Å². The van der Waals surface area contributed by atoms with Crippen LogP contribution in [0.3, 0.4) is 0 Å². The molecule has 45 heavy (non-hydrogen) atoms. The van der Waals surface area contributed by atoms with E-state index in [2.05, 4.69) is 144 Å². The Hall–Kier alpha value is -3.42. The summed E-state index contributed by atoms with van der Waals surface area (Å²) >= 11 is 0. The average Bonchev–Trinajstić information content (AvgIpc) is 3.61. The first-order valence-corrected chi connectivity index (χ1v) is 19.3. The highest BCUT2D eigenvalue weighted by Gasteiger charge is 2.48. The molecule has 232 valence electrons. The maximum absolute atomic E-state index is 2.68. The summed E-state index contributed by atoms with van der Waals surface area (Å²) in [5.41, 5.74) is 24.2. The van der Waals surface area contributed by atoms with Crippen LogP contribution in [0.25, 0.3) is 34.4 Å². The third-order valence-corrected chi connectivity index (χ3v) is 18.4. The molecular weight excluding hydrogens is 557 g/mol. The van der Waals surface area contributed by atoms with Crippen molar-refractivity contribution in [1.82, 2.24) is 0 Å². The summed E-state index contributed by atoms with van der Waals surface area (Å²) in [5.74, 6) is 0. The third-order valence-electron chi connectivity index (χ3n) is 11.9. The Labute approximate surface area is 274 Å². The van der Waals surface area contributed by atoms with E-state index in [1.165, 1.54) is 89.0 Å². The number of benzene rings is 4. The van der Waals surface area contributed by atoms with Crippen LogP contribution >= 0.6 is 0 Å². The lowest BCUT2D eigenvalue weighted by Crippen LogP contribution is -2.46. The highest BCUT2D eigenvalue weighted by Crippen LogP contribution is 2.53. The largest absolute Gasteiger partial charge is 0.114 e. The molecule has 0 bridgehead atoms. The molecule has 0 spiro atoms. The molecule has 0 heterocycles. The van der Waals surface area contributed by atoms with Crippen LogP contribution in [-0.4, -0.2) is 8.07 Å². The summed E-state index contributed by atoms with van der Waals surface area (Å²) < 4.78 is 0. The molecule has 0 saturated heterocycles.